The Bertz CT molecular complexity index is 815. The van der Waals surface area contributed by atoms with Crippen LogP contribution in [0.15, 0.2) is 0 Å². The molecule has 5 aliphatic carbocycles. The fraction of sp³-hybridized carbons (Fsp3) is 0.875. The van der Waals surface area contributed by atoms with E-state index in [-0.39, 0.29) is 35.4 Å². The van der Waals surface area contributed by atoms with E-state index in [1.807, 2.05) is 18.2 Å². The van der Waals surface area contributed by atoms with Crippen molar-refractivity contribution in [3.05, 3.63) is 0 Å². The quantitative estimate of drug-likeness (QED) is 0.534. The van der Waals surface area contributed by atoms with Gasteiger partial charge in [0.25, 0.3) is 0 Å². The molecule has 176 valence electrons. The molecule has 6 aliphatic rings. The highest BCUT2D eigenvalue weighted by Gasteiger charge is 2.64. The minimum Gasteiger partial charge on any atom is -0.458 e. The van der Waals surface area contributed by atoms with Gasteiger partial charge in [-0.25, -0.2) is 0 Å². The summed E-state index contributed by atoms with van der Waals surface area (Å²) in [4.78, 5) is 28.5. The molecule has 0 aromatic heterocycles. The first-order valence-electron chi connectivity index (χ1n) is 12.2. The zero-order valence-corrected chi connectivity index (χ0v) is 20.0. The van der Waals surface area contributed by atoms with Gasteiger partial charge in [-0.3, -0.25) is 9.59 Å². The van der Waals surface area contributed by atoms with Crippen LogP contribution in [0.4, 0.5) is 0 Å². The monoisotopic (exact) mass is 460 g/mol. The molecule has 0 aromatic carbocycles. The molecule has 0 aromatic rings. The molecule has 1 heterocycles. The molecule has 3 N–H and O–H groups in total. The molecular formula is C24H36N4O3S. The number of nitrogens with one attached hydrogen (secondary N) is 1. The van der Waals surface area contributed by atoms with Crippen LogP contribution in [0, 0.1) is 34.5 Å². The molecule has 6 fully saturated rings. The number of hydrogen-bond acceptors (Lipinski definition) is 7. The number of piperidine rings is 1. The second-order valence-electron chi connectivity index (χ2n) is 11.2. The van der Waals surface area contributed by atoms with Crippen molar-refractivity contribution in [1.29, 1.82) is 5.26 Å². The summed E-state index contributed by atoms with van der Waals surface area (Å²) in [5.74, 6) is 2.10. The van der Waals surface area contributed by atoms with Crippen LogP contribution in [0.1, 0.15) is 57.8 Å². The first-order valence-corrected chi connectivity index (χ1v) is 13.6. The van der Waals surface area contributed by atoms with Crippen LogP contribution in [-0.4, -0.2) is 65.6 Å². The number of rotatable bonds is 8. The number of nitrogens with zero attached hydrogens (tertiary/aromatic N) is 2. The normalized spacial score (nSPS) is 42.8. The number of amides is 1. The van der Waals surface area contributed by atoms with Crippen LogP contribution >= 0.6 is 11.8 Å². The van der Waals surface area contributed by atoms with Crippen LogP contribution in [0.25, 0.3) is 0 Å². The summed E-state index contributed by atoms with van der Waals surface area (Å²) >= 11 is 1.73. The van der Waals surface area contributed by atoms with Crippen molar-refractivity contribution in [2.24, 2.45) is 28.9 Å². The van der Waals surface area contributed by atoms with E-state index in [4.69, 9.17) is 10.5 Å². The Hall–Kier alpha value is -1.30. The van der Waals surface area contributed by atoms with Crippen molar-refractivity contribution >= 4 is 23.6 Å². The SMILES string of the molecule is CN[C@@H](CCSC)C(=O)OC12CC3C[C@H](C1)CC([C@H](N)C(=O)N1C4CC4C[C@H]1C#N)(C3)C2. The highest BCUT2D eigenvalue weighted by molar-refractivity contribution is 7.98. The first kappa shape index (κ1) is 22.5. The maximum atomic E-state index is 13.6. The fourth-order valence-electron chi connectivity index (χ4n) is 7.94. The van der Waals surface area contributed by atoms with E-state index in [1.54, 1.807) is 11.8 Å². The lowest BCUT2D eigenvalue weighted by Crippen LogP contribution is -2.66. The van der Waals surface area contributed by atoms with Gasteiger partial charge in [-0.1, -0.05) is 0 Å². The van der Waals surface area contributed by atoms with Crippen LogP contribution in [0.5, 0.6) is 0 Å². The lowest BCUT2D eigenvalue weighted by molar-refractivity contribution is -0.207. The van der Waals surface area contributed by atoms with Crippen LogP contribution in [-0.2, 0) is 14.3 Å². The summed E-state index contributed by atoms with van der Waals surface area (Å²) in [5, 5.41) is 12.7. The van der Waals surface area contributed by atoms with Gasteiger partial charge in [-0.2, -0.15) is 17.0 Å². The van der Waals surface area contributed by atoms with Crippen molar-refractivity contribution in [3.63, 3.8) is 0 Å². The maximum absolute atomic E-state index is 13.6. The molecular weight excluding hydrogens is 424 g/mol. The molecule has 5 unspecified atom stereocenters. The second-order valence-corrected chi connectivity index (χ2v) is 12.2. The lowest BCUT2D eigenvalue weighted by Gasteiger charge is -2.62. The molecule has 0 spiro atoms. The summed E-state index contributed by atoms with van der Waals surface area (Å²) in [6.45, 7) is 0. The molecule has 1 amide bonds. The van der Waals surface area contributed by atoms with E-state index < -0.39 is 11.6 Å². The molecule has 8 heteroatoms. The van der Waals surface area contributed by atoms with Gasteiger partial charge in [0.05, 0.1) is 12.1 Å². The predicted molar refractivity (Wildman–Crippen MR) is 123 cm³/mol. The third-order valence-electron chi connectivity index (χ3n) is 9.05. The zero-order chi connectivity index (χ0) is 22.7. The lowest BCUT2D eigenvalue weighted by atomic mass is 9.46. The zero-order valence-electron chi connectivity index (χ0n) is 19.2. The van der Waals surface area contributed by atoms with Crippen LogP contribution in [0.2, 0.25) is 0 Å². The summed E-state index contributed by atoms with van der Waals surface area (Å²) in [5.41, 5.74) is 5.97. The Balaban J connectivity index is 1.35. The van der Waals surface area contributed by atoms with Crippen molar-refractivity contribution in [2.45, 2.75) is 87.6 Å². The van der Waals surface area contributed by atoms with Crippen LogP contribution in [0.3, 0.4) is 0 Å². The predicted octanol–water partition coefficient (Wildman–Crippen LogP) is 2.05. The fourth-order valence-corrected chi connectivity index (χ4v) is 8.41. The Morgan fingerprint density at radius 1 is 1.25 bits per heavy atom. The number of nitriles is 1. The van der Waals surface area contributed by atoms with Gasteiger partial charge in [0.2, 0.25) is 5.91 Å². The van der Waals surface area contributed by atoms with Crippen molar-refractivity contribution < 1.29 is 14.3 Å². The van der Waals surface area contributed by atoms with E-state index in [9.17, 15) is 14.9 Å². The van der Waals surface area contributed by atoms with E-state index in [2.05, 4.69) is 11.4 Å². The minimum absolute atomic E-state index is 0.0435. The molecule has 4 bridgehead atoms. The highest BCUT2D eigenvalue weighted by Crippen LogP contribution is 2.64. The summed E-state index contributed by atoms with van der Waals surface area (Å²) in [6.07, 6.45) is 10.1. The smallest absolute Gasteiger partial charge is 0.323 e. The minimum atomic E-state index is -0.613. The average Bonchev–Trinajstić information content (AvgIpc) is 3.41. The van der Waals surface area contributed by atoms with Crippen LogP contribution < -0.4 is 11.1 Å². The van der Waals surface area contributed by atoms with Gasteiger partial charge in [0.1, 0.15) is 17.7 Å². The molecule has 1 saturated heterocycles. The largest absolute Gasteiger partial charge is 0.458 e. The topological polar surface area (TPSA) is 108 Å². The molecule has 5 saturated carbocycles. The number of fused-ring (bicyclic) bond motifs is 1. The molecule has 0 radical (unpaired) electrons. The molecule has 32 heavy (non-hydrogen) atoms. The van der Waals surface area contributed by atoms with E-state index >= 15 is 0 Å². The van der Waals surface area contributed by atoms with Crippen molar-refractivity contribution in [1.82, 2.24) is 10.2 Å². The molecule has 9 atom stereocenters. The van der Waals surface area contributed by atoms with E-state index in [1.165, 1.54) is 0 Å². The highest BCUT2D eigenvalue weighted by atomic mass is 32.2. The molecule has 6 rings (SSSR count). The second kappa shape index (κ2) is 8.18. The maximum Gasteiger partial charge on any atom is 0.323 e. The Kier molecular flexibility index (Phi) is 5.75. The third kappa shape index (κ3) is 3.65. The average molecular weight is 461 g/mol. The molecule has 7 nitrogen and oxygen atoms in total. The van der Waals surface area contributed by atoms with E-state index in [0.29, 0.717) is 24.2 Å². The number of hydrogen-bond donors (Lipinski definition) is 2. The van der Waals surface area contributed by atoms with E-state index in [0.717, 1.165) is 57.1 Å². The molecule has 1 aliphatic heterocycles. The number of carbonyl (C=O) groups is 2. The summed E-state index contributed by atoms with van der Waals surface area (Å²) in [7, 11) is 1.81. The number of likely N-dealkylation sites (N-methyl/N-ethyl adjacent to an activating group) is 1. The number of carbonyl (C=O) groups excluding carboxylic acids is 2. The number of likely N-dealkylation sites (tertiary alicyclic amines) is 1. The van der Waals surface area contributed by atoms with Gasteiger partial charge in [0.15, 0.2) is 0 Å². The third-order valence-corrected chi connectivity index (χ3v) is 9.69. The number of ether oxygens (including phenoxy) is 1. The number of thioether (sulfide) groups is 1. The first-order chi connectivity index (χ1) is 15.3. The summed E-state index contributed by atoms with van der Waals surface area (Å²) in [6, 6.07) is 1.30. The van der Waals surface area contributed by atoms with Gasteiger partial charge in [-0.15, -0.1) is 0 Å². The summed E-state index contributed by atoms with van der Waals surface area (Å²) < 4.78 is 6.31. The standard InChI is InChI=1S/C24H36N4O3S/c1-27-18(3-4-32-2)22(30)31-24-10-14-5-15(11-24)9-23(8-14,13-24)20(26)21(29)28-17(12-25)6-16-7-19(16)28/h14-20,27H,3-11,13,26H2,1-2H3/t14-,15?,16?,17-,18-,19?,20+,23?,24?/m0/s1. The Morgan fingerprint density at radius 3 is 2.59 bits per heavy atom. The van der Waals surface area contributed by atoms with Gasteiger partial charge < -0.3 is 20.7 Å². The number of esters is 1. The van der Waals surface area contributed by atoms with Crippen molar-refractivity contribution in [3.8, 4) is 6.07 Å². The Morgan fingerprint density at radius 2 is 1.97 bits per heavy atom. The van der Waals surface area contributed by atoms with Gasteiger partial charge >= 0.3 is 5.97 Å². The van der Waals surface area contributed by atoms with Gasteiger partial charge in [0, 0.05) is 6.04 Å². The van der Waals surface area contributed by atoms with Crippen molar-refractivity contribution in [2.75, 3.05) is 19.1 Å². The number of nitrogens with two attached hydrogens (primary N) is 1. The van der Waals surface area contributed by atoms with Gasteiger partial charge in [-0.05, 0) is 100 Å². The Labute approximate surface area is 195 Å².